The minimum absolute atomic E-state index is 0. The molecule has 5 heteroatoms. The van der Waals surface area contributed by atoms with Crippen molar-refractivity contribution in [2.45, 2.75) is 125 Å². The van der Waals surface area contributed by atoms with E-state index in [9.17, 15) is 5.11 Å². The average molecular weight is 1060 g/mol. The van der Waals surface area contributed by atoms with Gasteiger partial charge in [-0.25, -0.2) is 4.98 Å². The quantitative estimate of drug-likeness (QED) is 0.147. The van der Waals surface area contributed by atoms with Crippen LogP contribution in [-0.2, 0) is 31.9 Å². The van der Waals surface area contributed by atoms with Gasteiger partial charge in [-0.05, 0) is 123 Å². The third kappa shape index (κ3) is 9.63. The van der Waals surface area contributed by atoms with E-state index in [-0.39, 0.29) is 37.8 Å². The normalized spacial score (nSPS) is 14.1. The molecule has 1 N–H and O–H groups in total. The smallest absolute Gasteiger partial charge is 0.148 e. The first-order valence-electron chi connectivity index (χ1n) is 25.6. The van der Waals surface area contributed by atoms with E-state index in [0.29, 0.717) is 33.7 Å². The third-order valence-corrected chi connectivity index (χ3v) is 12.5. The fourth-order valence-electron chi connectivity index (χ4n) is 8.58. The number of pyridine rings is 1. The molecule has 0 bridgehead atoms. The summed E-state index contributed by atoms with van der Waals surface area (Å²) in [4.78, 5) is 10.3. The molecule has 0 amide bonds. The van der Waals surface area contributed by atoms with Crippen molar-refractivity contribution in [2.75, 3.05) is 0 Å². The van der Waals surface area contributed by atoms with Crippen molar-refractivity contribution in [3.63, 3.8) is 0 Å². The Kier molecular flexibility index (Phi) is 11.5. The van der Waals surface area contributed by atoms with Crippen LogP contribution in [0.25, 0.3) is 72.7 Å². The van der Waals surface area contributed by atoms with Crippen molar-refractivity contribution < 1.29 is 34.4 Å². The number of imidazole rings is 1. The molecule has 8 aromatic rings. The molecule has 0 spiro atoms. The number of hydrogen-bond acceptors (Lipinski definition) is 3. The number of nitrogens with zero attached hydrogens (tertiary/aromatic N) is 3. The predicted octanol–water partition coefficient (Wildman–Crippen LogP) is 16.8. The first kappa shape index (κ1) is 40.7. The van der Waals surface area contributed by atoms with E-state index in [1.54, 1.807) is 6.07 Å². The second-order valence-corrected chi connectivity index (χ2v) is 20.4. The average Bonchev–Trinajstić information content (AvgIpc) is 3.67. The van der Waals surface area contributed by atoms with E-state index in [1.165, 1.54) is 0 Å². The Bertz CT molecular complexity index is 3300. The van der Waals surface area contributed by atoms with Crippen molar-refractivity contribution in [3.05, 3.63) is 166 Å². The van der Waals surface area contributed by atoms with Gasteiger partial charge in [0, 0.05) is 46.7 Å². The van der Waals surface area contributed by atoms with Gasteiger partial charge in [0.2, 0.25) is 0 Å². The fraction of sp³-hybridized carbons (Fsp3) is 0.311. The van der Waals surface area contributed by atoms with Crippen LogP contribution in [0.5, 0.6) is 5.75 Å². The standard InChI is InChI=1S/C61H66N3O.Pt/c1-36(2)41-18-20-42(21-19-41)44-24-25-62-54(35-44)49-32-48(33-50(34-49)60(9,10)11)51-16-15-17-56-57(51)63-59(52-26-39(7)27-53(58(52)65)61(12,13)14)64(56)55-23-22-43(28-40(55)8)47-30-45(37(3)4)29-46(31-47)38(5)6;/h15-31,33-38,65H,1-14H3;/q-1;/i8D3,36D,37D,38D;. The van der Waals surface area contributed by atoms with E-state index in [1.807, 2.05) is 138 Å². The molecule has 6 aromatic carbocycles. The summed E-state index contributed by atoms with van der Waals surface area (Å²) >= 11 is 0. The van der Waals surface area contributed by atoms with E-state index in [2.05, 4.69) is 77.9 Å². The van der Waals surface area contributed by atoms with Crippen LogP contribution in [0.2, 0.25) is 0 Å². The summed E-state index contributed by atoms with van der Waals surface area (Å²) < 4.78 is 55.4. The second kappa shape index (κ2) is 18.6. The number of hydrogen-bond donors (Lipinski definition) is 1. The number of aromatic hydroxyl groups is 1. The molecule has 4 nitrogen and oxygen atoms in total. The first-order chi connectivity index (χ1) is 32.8. The monoisotopic (exact) mass is 1060 g/mol. The molecule has 0 saturated carbocycles. The molecule has 0 aliphatic heterocycles. The van der Waals surface area contributed by atoms with Gasteiger partial charge < -0.3 is 5.11 Å². The summed E-state index contributed by atoms with van der Waals surface area (Å²) in [6.45, 7) is 23.1. The van der Waals surface area contributed by atoms with Gasteiger partial charge in [-0.15, -0.1) is 29.3 Å². The SMILES string of the molecule is [2H]C([2H])([2H])c1cc(-c2cc(C([2H])(C)C)cc(C([2H])(C)C)c2)ccc1-n1c(-c2cc(C)cc(C(C)(C)C)c2O)nc2c(-c3[c-]c(-c4cc(-c5ccc(C([2H])(C)C)cc5)ccn4)cc(C(C)(C)C)c3)cccc21.[Pt]. The van der Waals surface area contributed by atoms with Crippen LogP contribution in [0, 0.1) is 19.8 Å². The molecule has 2 heterocycles. The van der Waals surface area contributed by atoms with Gasteiger partial charge in [-0.3, -0.25) is 9.55 Å². The number of fused-ring (bicyclic) bond motifs is 1. The van der Waals surface area contributed by atoms with Crippen molar-refractivity contribution >= 4 is 11.0 Å². The van der Waals surface area contributed by atoms with Gasteiger partial charge in [0.05, 0.1) is 22.3 Å². The summed E-state index contributed by atoms with van der Waals surface area (Å²) in [7, 11) is 0. The Morgan fingerprint density at radius 3 is 1.89 bits per heavy atom. The van der Waals surface area contributed by atoms with Gasteiger partial charge in [-0.2, -0.15) is 0 Å². The molecule has 8 rings (SSSR count). The van der Waals surface area contributed by atoms with Crippen LogP contribution in [0.1, 0.15) is 148 Å². The van der Waals surface area contributed by atoms with Crippen LogP contribution in [0.15, 0.2) is 121 Å². The number of phenols is 1. The molecular formula is C61H66N3OPt-. The molecule has 0 unspecified atom stereocenters. The largest absolute Gasteiger partial charge is 0.507 e. The number of aryl methyl sites for hydroxylation is 2. The predicted molar refractivity (Wildman–Crippen MR) is 276 cm³/mol. The van der Waals surface area contributed by atoms with E-state index in [4.69, 9.17) is 18.2 Å². The van der Waals surface area contributed by atoms with E-state index >= 15 is 0 Å². The molecule has 2 aromatic heterocycles. The number of aromatic nitrogens is 3. The Morgan fingerprint density at radius 1 is 0.636 bits per heavy atom. The van der Waals surface area contributed by atoms with Crippen molar-refractivity contribution in [3.8, 4) is 67.5 Å². The van der Waals surface area contributed by atoms with E-state index < -0.39 is 29.9 Å². The van der Waals surface area contributed by atoms with Gasteiger partial charge in [-0.1, -0.05) is 167 Å². The van der Waals surface area contributed by atoms with Gasteiger partial charge in [0.25, 0.3) is 0 Å². The minimum atomic E-state index is -2.60. The van der Waals surface area contributed by atoms with E-state index in [0.717, 1.165) is 72.5 Å². The maximum absolute atomic E-state index is 12.3. The third-order valence-electron chi connectivity index (χ3n) is 12.5. The molecule has 0 saturated heterocycles. The number of phenolic OH excluding ortho intramolecular Hbond substituents is 1. The Morgan fingerprint density at radius 2 is 1.27 bits per heavy atom. The number of benzene rings is 6. The first-order valence-corrected chi connectivity index (χ1v) is 22.6. The zero-order valence-electron chi connectivity index (χ0n) is 46.7. The van der Waals surface area contributed by atoms with Gasteiger partial charge in [0.15, 0.2) is 0 Å². The molecule has 0 aliphatic rings. The van der Waals surface area contributed by atoms with Crippen molar-refractivity contribution in [1.29, 1.82) is 0 Å². The molecular weight excluding hydrogens is 986 g/mol. The zero-order chi connectivity index (χ0) is 52.0. The topological polar surface area (TPSA) is 50.9 Å². The number of rotatable bonds is 9. The summed E-state index contributed by atoms with van der Waals surface area (Å²) in [6, 6.07) is 41.2. The summed E-state index contributed by atoms with van der Waals surface area (Å²) in [5, 5.41) is 12.3. The van der Waals surface area contributed by atoms with Gasteiger partial charge >= 0.3 is 0 Å². The van der Waals surface area contributed by atoms with Crippen LogP contribution in [0.3, 0.4) is 0 Å². The Labute approximate surface area is 417 Å². The van der Waals surface area contributed by atoms with Crippen LogP contribution >= 0.6 is 0 Å². The molecule has 0 atom stereocenters. The summed E-state index contributed by atoms with van der Waals surface area (Å²) in [6.07, 6.45) is 1.81. The second-order valence-electron chi connectivity index (χ2n) is 20.4. The van der Waals surface area contributed by atoms with Crippen LogP contribution in [-0.4, -0.2) is 19.6 Å². The molecule has 0 aliphatic carbocycles. The Balaban J connectivity index is 0.00000760. The van der Waals surface area contributed by atoms with Crippen LogP contribution in [0.4, 0.5) is 0 Å². The molecule has 66 heavy (non-hydrogen) atoms. The number of para-hydroxylation sites is 1. The molecule has 0 radical (unpaired) electrons. The Hall–Kier alpha value is -5.57. The van der Waals surface area contributed by atoms with Crippen molar-refractivity contribution in [1.82, 2.24) is 14.5 Å². The molecule has 342 valence electrons. The summed E-state index contributed by atoms with van der Waals surface area (Å²) in [5.41, 5.74) is 13.0. The molecule has 0 fully saturated rings. The summed E-state index contributed by atoms with van der Waals surface area (Å²) in [5.74, 6) is -2.19. The van der Waals surface area contributed by atoms with Crippen molar-refractivity contribution in [2.24, 2.45) is 0 Å². The zero-order valence-corrected chi connectivity index (χ0v) is 42.9. The maximum Gasteiger partial charge on any atom is 0.148 e. The maximum atomic E-state index is 12.3. The van der Waals surface area contributed by atoms with Gasteiger partial charge in [0.1, 0.15) is 11.6 Å². The minimum Gasteiger partial charge on any atom is -0.507 e. The fourth-order valence-corrected chi connectivity index (χ4v) is 8.58. The van der Waals surface area contributed by atoms with Crippen LogP contribution < -0.4 is 0 Å².